The van der Waals surface area contributed by atoms with Gasteiger partial charge in [0, 0.05) is 68.4 Å². The lowest BCUT2D eigenvalue weighted by Gasteiger charge is -2.27. The topological polar surface area (TPSA) is 89.6 Å². The summed E-state index contributed by atoms with van der Waals surface area (Å²) in [7, 11) is 0. The molecule has 2 fully saturated rings. The van der Waals surface area contributed by atoms with Crippen molar-refractivity contribution < 1.29 is 23.0 Å². The normalized spacial score (nSPS) is 16.5. The summed E-state index contributed by atoms with van der Waals surface area (Å²) < 4.78 is 30.2. The van der Waals surface area contributed by atoms with Gasteiger partial charge in [0.1, 0.15) is 29.1 Å². The number of nitrogens with one attached hydrogen (secondary N) is 1. The van der Waals surface area contributed by atoms with Crippen molar-refractivity contribution in [2.75, 3.05) is 83.7 Å². The molecule has 2 aromatic heterocycles. The quantitative estimate of drug-likeness (QED) is 0.258. The third-order valence-electron chi connectivity index (χ3n) is 8.09. The number of morpholine rings is 2. The van der Waals surface area contributed by atoms with Crippen LogP contribution in [0.5, 0.6) is 5.75 Å². The lowest BCUT2D eigenvalue weighted by atomic mass is 9.99. The highest BCUT2D eigenvalue weighted by molar-refractivity contribution is 6.14. The smallest absolute Gasteiger partial charge is 0.200 e. The summed E-state index contributed by atoms with van der Waals surface area (Å²) in [5.74, 6) is 1.33. The van der Waals surface area contributed by atoms with E-state index in [2.05, 4.69) is 21.2 Å². The predicted octanol–water partition coefficient (Wildman–Crippen LogP) is 4.50. The van der Waals surface area contributed by atoms with E-state index in [4.69, 9.17) is 23.0 Å². The zero-order valence-electron chi connectivity index (χ0n) is 23.6. The number of hydrogen-bond donors (Lipinski definition) is 1. The average molecular weight is 570 g/mol. The second-order valence-electron chi connectivity index (χ2n) is 10.7. The molecule has 218 valence electrons. The fourth-order valence-corrected chi connectivity index (χ4v) is 5.87. The molecule has 2 aliphatic rings. The van der Waals surface area contributed by atoms with Gasteiger partial charge >= 0.3 is 0 Å². The Kier molecular flexibility index (Phi) is 7.80. The van der Waals surface area contributed by atoms with Crippen LogP contribution < -0.4 is 20.4 Å². The van der Waals surface area contributed by atoms with E-state index in [0.717, 1.165) is 79.2 Å². The average Bonchev–Trinajstić information content (AvgIpc) is 3.44. The van der Waals surface area contributed by atoms with E-state index < -0.39 is 0 Å². The van der Waals surface area contributed by atoms with Crippen LogP contribution in [-0.2, 0) is 9.47 Å². The first kappa shape index (κ1) is 27.0. The maximum Gasteiger partial charge on any atom is 0.200 e. The Morgan fingerprint density at radius 1 is 0.762 bits per heavy atom. The lowest BCUT2D eigenvalue weighted by molar-refractivity contribution is 0.0384. The van der Waals surface area contributed by atoms with Crippen molar-refractivity contribution in [3.05, 3.63) is 70.9 Å². The van der Waals surface area contributed by atoms with Gasteiger partial charge in [-0.1, -0.05) is 30.3 Å². The van der Waals surface area contributed by atoms with Gasteiger partial charge in [0.25, 0.3) is 0 Å². The van der Waals surface area contributed by atoms with Gasteiger partial charge in [0.15, 0.2) is 11.3 Å². The molecule has 42 heavy (non-hydrogen) atoms. The minimum absolute atomic E-state index is 0.0680. The van der Waals surface area contributed by atoms with Crippen LogP contribution in [0.3, 0.4) is 0 Å². The molecule has 2 saturated heterocycles. The highest BCUT2D eigenvalue weighted by Crippen LogP contribution is 2.43. The van der Waals surface area contributed by atoms with Crippen LogP contribution in [0.1, 0.15) is 0 Å². The standard InChI is InChI=1S/C33H35N3O6/c37-27-22-30(36-15-20-39-21-16-36)42-32-23(5-3-6-25(27)32)24-8-9-29(31-26-4-1-2-7-28(26)41-33(24)31)40-17-11-34-10-12-35-13-18-38-19-14-35/h1-9,22,34H,10-21H2. The minimum Gasteiger partial charge on any atom is -0.491 e. The van der Waals surface area contributed by atoms with Crippen molar-refractivity contribution in [1.82, 2.24) is 10.2 Å². The molecule has 1 N–H and O–H groups in total. The van der Waals surface area contributed by atoms with Crippen LogP contribution in [0.25, 0.3) is 44.0 Å². The Hall–Kier alpha value is -3.89. The van der Waals surface area contributed by atoms with Crippen LogP contribution >= 0.6 is 0 Å². The van der Waals surface area contributed by atoms with Gasteiger partial charge in [0.05, 0.1) is 37.2 Å². The third kappa shape index (κ3) is 5.36. The van der Waals surface area contributed by atoms with Crippen LogP contribution in [0, 0.1) is 0 Å². The SMILES string of the molecule is O=c1cc(N2CCOCC2)oc2c(-c3ccc(OCCNCCN4CCOCC4)c4c3oc3ccccc34)cccc12. The molecule has 0 bridgehead atoms. The zero-order chi connectivity index (χ0) is 28.3. The molecular weight excluding hydrogens is 534 g/mol. The Labute approximate surface area is 243 Å². The van der Waals surface area contributed by atoms with Gasteiger partial charge < -0.3 is 33.3 Å². The monoisotopic (exact) mass is 569 g/mol. The van der Waals surface area contributed by atoms with E-state index in [9.17, 15) is 4.79 Å². The summed E-state index contributed by atoms with van der Waals surface area (Å²) in [4.78, 5) is 17.7. The summed E-state index contributed by atoms with van der Waals surface area (Å²) in [6.45, 7) is 9.36. The highest BCUT2D eigenvalue weighted by atomic mass is 16.5. The van der Waals surface area contributed by atoms with E-state index in [1.54, 1.807) is 6.07 Å². The van der Waals surface area contributed by atoms with E-state index in [1.165, 1.54) is 0 Å². The summed E-state index contributed by atoms with van der Waals surface area (Å²) >= 11 is 0. The first-order valence-corrected chi connectivity index (χ1v) is 14.7. The number of fused-ring (bicyclic) bond motifs is 4. The maximum absolute atomic E-state index is 13.2. The van der Waals surface area contributed by atoms with E-state index in [-0.39, 0.29) is 5.43 Å². The van der Waals surface area contributed by atoms with Gasteiger partial charge in [-0.3, -0.25) is 9.69 Å². The molecule has 4 heterocycles. The Balaban J connectivity index is 1.20. The second kappa shape index (κ2) is 12.1. The molecular formula is C33H35N3O6. The molecule has 3 aromatic carbocycles. The van der Waals surface area contributed by atoms with E-state index >= 15 is 0 Å². The first-order chi connectivity index (χ1) is 20.8. The zero-order valence-corrected chi connectivity index (χ0v) is 23.6. The molecule has 0 unspecified atom stereocenters. The number of hydrogen-bond acceptors (Lipinski definition) is 9. The molecule has 0 aliphatic carbocycles. The number of furan rings is 1. The lowest BCUT2D eigenvalue weighted by Crippen LogP contribution is -2.40. The Bertz CT molecular complexity index is 1750. The highest BCUT2D eigenvalue weighted by Gasteiger charge is 2.21. The molecule has 5 aromatic rings. The van der Waals surface area contributed by atoms with Crippen molar-refractivity contribution in [3.63, 3.8) is 0 Å². The predicted molar refractivity (Wildman–Crippen MR) is 164 cm³/mol. The minimum atomic E-state index is -0.0680. The summed E-state index contributed by atoms with van der Waals surface area (Å²) in [5.41, 5.74) is 3.63. The van der Waals surface area contributed by atoms with Gasteiger partial charge in [-0.05, 0) is 24.3 Å². The van der Waals surface area contributed by atoms with Gasteiger partial charge in [0.2, 0.25) is 0 Å². The molecule has 0 spiro atoms. The van der Waals surface area contributed by atoms with Crippen LogP contribution in [0.15, 0.2) is 74.3 Å². The number of anilines is 1. The van der Waals surface area contributed by atoms with Crippen molar-refractivity contribution in [2.45, 2.75) is 0 Å². The molecule has 0 saturated carbocycles. The van der Waals surface area contributed by atoms with Crippen LogP contribution in [-0.4, -0.2) is 83.7 Å². The van der Waals surface area contributed by atoms with Crippen LogP contribution in [0.2, 0.25) is 0 Å². The Morgan fingerprint density at radius 2 is 1.52 bits per heavy atom. The molecule has 9 heteroatoms. The first-order valence-electron chi connectivity index (χ1n) is 14.7. The molecule has 0 atom stereocenters. The fraction of sp³-hybridized carbons (Fsp3) is 0.364. The molecule has 0 radical (unpaired) electrons. The summed E-state index contributed by atoms with van der Waals surface area (Å²) in [5, 5.41) is 5.93. The number of nitrogens with zero attached hydrogens (tertiary/aromatic N) is 2. The second-order valence-corrected chi connectivity index (χ2v) is 10.7. The van der Waals surface area contributed by atoms with Gasteiger partial charge in [-0.25, -0.2) is 0 Å². The summed E-state index contributed by atoms with van der Waals surface area (Å²) in [6.07, 6.45) is 0. The van der Waals surface area contributed by atoms with Crippen LogP contribution in [0.4, 0.5) is 5.88 Å². The van der Waals surface area contributed by atoms with Crippen molar-refractivity contribution in [1.29, 1.82) is 0 Å². The van der Waals surface area contributed by atoms with E-state index in [0.29, 0.717) is 55.3 Å². The number of benzene rings is 3. The molecule has 2 aliphatic heterocycles. The number of rotatable bonds is 9. The van der Waals surface area contributed by atoms with Crippen molar-refractivity contribution in [2.24, 2.45) is 0 Å². The Morgan fingerprint density at radius 3 is 2.38 bits per heavy atom. The molecule has 7 rings (SSSR count). The number of para-hydroxylation sites is 2. The largest absolute Gasteiger partial charge is 0.491 e. The maximum atomic E-state index is 13.2. The van der Waals surface area contributed by atoms with Gasteiger partial charge in [-0.15, -0.1) is 0 Å². The fourth-order valence-electron chi connectivity index (χ4n) is 5.87. The van der Waals surface area contributed by atoms with E-state index in [1.807, 2.05) is 48.5 Å². The van der Waals surface area contributed by atoms with Gasteiger partial charge in [-0.2, -0.15) is 0 Å². The van der Waals surface area contributed by atoms with Crippen molar-refractivity contribution in [3.8, 4) is 16.9 Å². The third-order valence-corrected chi connectivity index (χ3v) is 8.09. The molecule has 0 amide bonds. The summed E-state index contributed by atoms with van der Waals surface area (Å²) in [6, 6.07) is 19.3. The molecule has 9 nitrogen and oxygen atoms in total. The van der Waals surface area contributed by atoms with Crippen molar-refractivity contribution >= 4 is 38.8 Å². The number of ether oxygens (including phenoxy) is 3.